The van der Waals surface area contributed by atoms with Gasteiger partial charge in [0.05, 0.1) is 6.33 Å². The lowest BCUT2D eigenvalue weighted by Gasteiger charge is -2.17. The summed E-state index contributed by atoms with van der Waals surface area (Å²) in [6, 6.07) is 1.76. The molecule has 6 heteroatoms. The van der Waals surface area contributed by atoms with Gasteiger partial charge in [-0.3, -0.25) is 0 Å². The van der Waals surface area contributed by atoms with E-state index in [0.717, 1.165) is 31.2 Å². The third-order valence-corrected chi connectivity index (χ3v) is 3.02. The van der Waals surface area contributed by atoms with Crippen molar-refractivity contribution in [3.63, 3.8) is 0 Å². The molecule has 0 radical (unpaired) electrons. The summed E-state index contributed by atoms with van der Waals surface area (Å²) < 4.78 is 2.05. The topological polar surface area (TPSA) is 55.6 Å². The van der Waals surface area contributed by atoms with Crippen molar-refractivity contribution in [3.8, 4) is 0 Å². The molecule has 0 unspecified atom stereocenters. The van der Waals surface area contributed by atoms with Gasteiger partial charge in [0.1, 0.15) is 16.8 Å². The Bertz CT molecular complexity index is 545. The summed E-state index contributed by atoms with van der Waals surface area (Å²) >= 11 is 6.05. The Labute approximate surface area is 124 Å². The Morgan fingerprint density at radius 3 is 2.75 bits per heavy atom. The molecule has 20 heavy (non-hydrogen) atoms. The summed E-state index contributed by atoms with van der Waals surface area (Å²) in [5.74, 6) is 1.53. The van der Waals surface area contributed by atoms with Gasteiger partial charge in [-0.15, -0.1) is 0 Å². The molecule has 0 aliphatic heterocycles. The van der Waals surface area contributed by atoms with Gasteiger partial charge in [-0.1, -0.05) is 32.4 Å². The molecule has 2 heterocycles. The molecule has 2 aromatic rings. The normalized spacial score (nSPS) is 11.6. The highest BCUT2D eigenvalue weighted by atomic mass is 35.5. The molecule has 0 saturated carbocycles. The van der Waals surface area contributed by atoms with E-state index in [4.69, 9.17) is 11.6 Å². The van der Waals surface area contributed by atoms with Gasteiger partial charge in [-0.25, -0.2) is 15.0 Å². The lowest BCUT2D eigenvalue weighted by Crippen LogP contribution is -2.17. The van der Waals surface area contributed by atoms with Crippen molar-refractivity contribution in [2.24, 2.45) is 0 Å². The number of nitrogens with zero attached hydrogens (tertiary/aromatic N) is 4. The Balaban J connectivity index is 1.91. The number of hydrogen-bond acceptors (Lipinski definition) is 4. The van der Waals surface area contributed by atoms with E-state index in [1.165, 1.54) is 0 Å². The van der Waals surface area contributed by atoms with Gasteiger partial charge in [0.25, 0.3) is 0 Å². The van der Waals surface area contributed by atoms with Gasteiger partial charge < -0.3 is 9.88 Å². The van der Waals surface area contributed by atoms with Gasteiger partial charge in [-0.05, 0) is 6.42 Å². The van der Waals surface area contributed by atoms with Gasteiger partial charge >= 0.3 is 0 Å². The van der Waals surface area contributed by atoms with Crippen LogP contribution in [0.25, 0.3) is 0 Å². The molecule has 0 aliphatic rings. The number of rotatable bonds is 5. The molecule has 0 aromatic carbocycles. The highest BCUT2D eigenvalue weighted by Gasteiger charge is 2.18. The van der Waals surface area contributed by atoms with E-state index in [1.807, 2.05) is 12.5 Å². The van der Waals surface area contributed by atoms with Gasteiger partial charge in [-0.2, -0.15) is 0 Å². The van der Waals surface area contributed by atoms with Crippen molar-refractivity contribution in [3.05, 3.63) is 35.8 Å². The summed E-state index contributed by atoms with van der Waals surface area (Å²) in [6.07, 6.45) is 6.55. The zero-order chi connectivity index (χ0) is 14.6. The number of imidazole rings is 1. The van der Waals surface area contributed by atoms with Crippen LogP contribution in [0.5, 0.6) is 0 Å². The SMILES string of the molecule is CC(C)(C)c1nc(Cl)cc(NCCCn2ccnc2)n1. The fourth-order valence-corrected chi connectivity index (χ4v) is 1.92. The van der Waals surface area contributed by atoms with Crippen molar-refractivity contribution in [1.82, 2.24) is 19.5 Å². The zero-order valence-electron chi connectivity index (χ0n) is 12.1. The molecule has 5 nitrogen and oxygen atoms in total. The maximum Gasteiger partial charge on any atom is 0.137 e. The quantitative estimate of drug-likeness (QED) is 0.680. The molecular weight excluding hydrogens is 274 g/mol. The fourth-order valence-electron chi connectivity index (χ4n) is 1.74. The number of nitrogens with one attached hydrogen (secondary N) is 1. The molecule has 0 saturated heterocycles. The average Bonchev–Trinajstić information content (AvgIpc) is 2.86. The number of aromatic nitrogens is 4. The van der Waals surface area contributed by atoms with Crippen LogP contribution < -0.4 is 5.32 Å². The van der Waals surface area contributed by atoms with Crippen molar-refractivity contribution >= 4 is 17.4 Å². The number of halogens is 1. The highest BCUT2D eigenvalue weighted by molar-refractivity contribution is 6.29. The molecular formula is C14H20ClN5. The maximum atomic E-state index is 6.05. The Kier molecular flexibility index (Phi) is 4.60. The van der Waals surface area contributed by atoms with Crippen LogP contribution in [0.2, 0.25) is 5.15 Å². The first-order valence-electron chi connectivity index (χ1n) is 6.70. The van der Waals surface area contributed by atoms with Crippen LogP contribution in [0.15, 0.2) is 24.8 Å². The molecule has 2 rings (SSSR count). The molecule has 108 valence electrons. The summed E-state index contributed by atoms with van der Waals surface area (Å²) in [6.45, 7) is 7.97. The van der Waals surface area contributed by atoms with E-state index in [2.05, 4.69) is 45.6 Å². The molecule has 0 aliphatic carbocycles. The van der Waals surface area contributed by atoms with E-state index < -0.39 is 0 Å². The van der Waals surface area contributed by atoms with E-state index in [1.54, 1.807) is 12.3 Å². The van der Waals surface area contributed by atoms with Crippen LogP contribution in [0.1, 0.15) is 33.0 Å². The van der Waals surface area contributed by atoms with Crippen molar-refractivity contribution in [2.75, 3.05) is 11.9 Å². The van der Waals surface area contributed by atoms with Gasteiger partial charge in [0.2, 0.25) is 0 Å². The first kappa shape index (κ1) is 14.8. The van der Waals surface area contributed by atoms with Crippen LogP contribution in [-0.2, 0) is 12.0 Å². The second-order valence-corrected chi connectivity index (χ2v) is 6.12. The summed E-state index contributed by atoms with van der Waals surface area (Å²) in [5, 5.41) is 3.77. The standard InChI is InChI=1S/C14H20ClN5/c1-14(2,3)13-18-11(15)9-12(19-13)17-5-4-7-20-8-6-16-10-20/h6,8-10H,4-5,7H2,1-3H3,(H,17,18,19). The smallest absolute Gasteiger partial charge is 0.137 e. The summed E-state index contributed by atoms with van der Waals surface area (Å²) in [4.78, 5) is 12.8. The fraction of sp³-hybridized carbons (Fsp3) is 0.500. The van der Waals surface area contributed by atoms with E-state index in [9.17, 15) is 0 Å². The molecule has 2 aromatic heterocycles. The summed E-state index contributed by atoms with van der Waals surface area (Å²) in [5.41, 5.74) is -0.113. The van der Waals surface area contributed by atoms with E-state index >= 15 is 0 Å². The third kappa shape index (κ3) is 4.20. The lowest BCUT2D eigenvalue weighted by atomic mass is 9.96. The molecule has 0 spiro atoms. The minimum absolute atomic E-state index is 0.113. The van der Waals surface area contributed by atoms with E-state index in [-0.39, 0.29) is 5.41 Å². The monoisotopic (exact) mass is 293 g/mol. The molecule has 0 atom stereocenters. The van der Waals surface area contributed by atoms with Crippen molar-refractivity contribution in [1.29, 1.82) is 0 Å². The number of aryl methyl sites for hydroxylation is 1. The molecule has 0 fully saturated rings. The highest BCUT2D eigenvalue weighted by Crippen LogP contribution is 2.22. The number of hydrogen-bond donors (Lipinski definition) is 1. The average molecular weight is 294 g/mol. The van der Waals surface area contributed by atoms with Crippen molar-refractivity contribution < 1.29 is 0 Å². The van der Waals surface area contributed by atoms with Gasteiger partial charge in [0.15, 0.2) is 0 Å². The second kappa shape index (κ2) is 6.22. The Morgan fingerprint density at radius 2 is 2.10 bits per heavy atom. The predicted molar refractivity (Wildman–Crippen MR) is 81.1 cm³/mol. The second-order valence-electron chi connectivity index (χ2n) is 5.73. The Morgan fingerprint density at radius 1 is 1.30 bits per heavy atom. The first-order valence-corrected chi connectivity index (χ1v) is 7.07. The predicted octanol–water partition coefficient (Wildman–Crippen LogP) is 3.13. The minimum Gasteiger partial charge on any atom is -0.370 e. The van der Waals surface area contributed by atoms with Crippen LogP contribution in [0, 0.1) is 0 Å². The maximum absolute atomic E-state index is 6.05. The van der Waals surface area contributed by atoms with Crippen LogP contribution in [0.3, 0.4) is 0 Å². The lowest BCUT2D eigenvalue weighted by molar-refractivity contribution is 0.545. The molecule has 0 bridgehead atoms. The van der Waals surface area contributed by atoms with Crippen LogP contribution in [-0.4, -0.2) is 26.1 Å². The number of anilines is 1. The molecule has 1 N–H and O–H groups in total. The first-order chi connectivity index (χ1) is 9.45. The Hall–Kier alpha value is -1.62. The van der Waals surface area contributed by atoms with Crippen LogP contribution >= 0.6 is 11.6 Å². The summed E-state index contributed by atoms with van der Waals surface area (Å²) in [7, 11) is 0. The minimum atomic E-state index is -0.113. The van der Waals surface area contributed by atoms with E-state index in [0.29, 0.717) is 5.15 Å². The van der Waals surface area contributed by atoms with Crippen molar-refractivity contribution in [2.45, 2.75) is 39.2 Å². The molecule has 0 amide bonds. The zero-order valence-corrected chi connectivity index (χ0v) is 12.9. The largest absolute Gasteiger partial charge is 0.370 e. The van der Waals surface area contributed by atoms with Crippen LogP contribution in [0.4, 0.5) is 5.82 Å². The third-order valence-electron chi connectivity index (χ3n) is 2.82. The van der Waals surface area contributed by atoms with Gasteiger partial charge in [0, 0.05) is 37.0 Å².